The Morgan fingerprint density at radius 2 is 1.89 bits per heavy atom. The van der Waals surface area contributed by atoms with Gasteiger partial charge in [0.2, 0.25) is 0 Å². The molecule has 1 N–H and O–H groups in total. The Morgan fingerprint density at radius 1 is 1.08 bits per heavy atom. The maximum absolute atomic E-state index is 12.8. The fraction of sp³-hybridized carbons (Fsp3) is 0.172. The molecule has 8 heteroatoms. The number of nitriles is 1. The molecule has 1 amide bonds. The van der Waals surface area contributed by atoms with E-state index in [0.29, 0.717) is 17.0 Å². The fourth-order valence-corrected chi connectivity index (χ4v) is 5.17. The van der Waals surface area contributed by atoms with Gasteiger partial charge < -0.3 is 14.8 Å². The summed E-state index contributed by atoms with van der Waals surface area (Å²) in [5, 5.41) is 13.0. The monoisotopic (exact) mass is 506 g/mol. The third kappa shape index (κ3) is 5.68. The molecule has 5 aromatic rings. The molecule has 0 saturated carbocycles. The lowest BCUT2D eigenvalue weighted by atomic mass is 10.1. The van der Waals surface area contributed by atoms with Gasteiger partial charge in [-0.1, -0.05) is 19.1 Å². The Kier molecular flexibility index (Phi) is 7.24. The molecule has 0 aliphatic heterocycles. The zero-order valence-electron chi connectivity index (χ0n) is 20.5. The Bertz CT molecular complexity index is 1550. The first-order valence-corrected chi connectivity index (χ1v) is 12.9. The molecule has 184 valence electrons. The van der Waals surface area contributed by atoms with Crippen LogP contribution in [0, 0.1) is 11.3 Å². The number of hydrogen-bond donors (Lipinski definition) is 1. The summed E-state index contributed by atoms with van der Waals surface area (Å²) in [7, 11) is 0. The van der Waals surface area contributed by atoms with Gasteiger partial charge in [-0.2, -0.15) is 5.26 Å². The zero-order chi connectivity index (χ0) is 25.6. The Morgan fingerprint density at radius 3 is 2.65 bits per heavy atom. The van der Waals surface area contributed by atoms with Crippen LogP contribution in [0.5, 0.6) is 0 Å². The predicted octanol–water partition coefficient (Wildman–Crippen LogP) is 6.08. The summed E-state index contributed by atoms with van der Waals surface area (Å²) in [5.41, 5.74) is 4.73. The van der Waals surface area contributed by atoms with Gasteiger partial charge in [-0.3, -0.25) is 9.78 Å². The summed E-state index contributed by atoms with van der Waals surface area (Å²) < 4.78 is 3.22. The number of rotatable bonds is 9. The van der Waals surface area contributed by atoms with Crippen molar-refractivity contribution in [3.8, 4) is 6.07 Å². The molecule has 0 bridgehead atoms. The molecule has 3 aromatic heterocycles. The average Bonchev–Trinajstić information content (AvgIpc) is 3.56. The normalized spacial score (nSPS) is 10.8. The van der Waals surface area contributed by atoms with Crippen LogP contribution in [-0.4, -0.2) is 27.0 Å². The van der Waals surface area contributed by atoms with Crippen molar-refractivity contribution in [3.63, 3.8) is 0 Å². The lowest BCUT2D eigenvalue weighted by Gasteiger charge is -2.25. The van der Waals surface area contributed by atoms with Crippen LogP contribution in [0.4, 0.5) is 11.4 Å². The summed E-state index contributed by atoms with van der Waals surface area (Å²) in [6, 6.07) is 21.7. The SMILES string of the molecule is CCCN(Cc1cncn1Cc1ccc(C#N)cc1)c1ccc2sc(C(=O)Nc3ccncc3)cc2c1. The van der Waals surface area contributed by atoms with E-state index in [0.717, 1.165) is 52.2 Å². The third-order valence-corrected chi connectivity index (χ3v) is 7.22. The number of carbonyl (C=O) groups is 1. The number of amides is 1. The van der Waals surface area contributed by atoms with E-state index in [1.54, 1.807) is 24.5 Å². The van der Waals surface area contributed by atoms with Crippen molar-refractivity contribution in [3.05, 3.63) is 107 Å². The number of hydrogen-bond acceptors (Lipinski definition) is 6. The minimum Gasteiger partial charge on any atom is -0.366 e. The quantitative estimate of drug-likeness (QED) is 0.262. The van der Waals surface area contributed by atoms with E-state index in [-0.39, 0.29) is 5.91 Å². The van der Waals surface area contributed by atoms with Crippen LogP contribution < -0.4 is 10.2 Å². The second kappa shape index (κ2) is 11.1. The van der Waals surface area contributed by atoms with Crippen LogP contribution in [0.3, 0.4) is 0 Å². The molecule has 3 heterocycles. The van der Waals surface area contributed by atoms with Gasteiger partial charge in [0.1, 0.15) is 0 Å². The number of anilines is 2. The summed E-state index contributed by atoms with van der Waals surface area (Å²) >= 11 is 1.49. The Labute approximate surface area is 219 Å². The molecule has 0 aliphatic carbocycles. The average molecular weight is 507 g/mol. The molecular weight excluding hydrogens is 480 g/mol. The standard InChI is InChI=1S/C29H26N6OS/c1-2-13-34(19-26-17-32-20-35(26)18-22-5-3-21(16-30)4-6-22)25-7-8-27-23(14-25)15-28(37-27)29(36)33-24-9-11-31-12-10-24/h3-12,14-15,17,20H,2,13,18-19H2,1H3,(H,31,33,36). The first kappa shape index (κ1) is 24.2. The lowest BCUT2D eigenvalue weighted by molar-refractivity contribution is 0.103. The van der Waals surface area contributed by atoms with E-state index in [2.05, 4.69) is 55.9 Å². The van der Waals surface area contributed by atoms with E-state index in [4.69, 9.17) is 5.26 Å². The number of imidazole rings is 1. The molecule has 0 radical (unpaired) electrons. The maximum atomic E-state index is 12.8. The number of pyridine rings is 1. The first-order chi connectivity index (χ1) is 18.1. The van der Waals surface area contributed by atoms with Crippen LogP contribution in [0.25, 0.3) is 10.1 Å². The van der Waals surface area contributed by atoms with Gasteiger partial charge in [0.05, 0.1) is 35.1 Å². The smallest absolute Gasteiger partial charge is 0.265 e. The van der Waals surface area contributed by atoms with Gasteiger partial charge >= 0.3 is 0 Å². The van der Waals surface area contributed by atoms with E-state index in [9.17, 15) is 4.79 Å². The highest BCUT2D eigenvalue weighted by atomic mass is 32.1. The second-order valence-electron chi connectivity index (χ2n) is 8.77. The second-order valence-corrected chi connectivity index (χ2v) is 9.85. The van der Waals surface area contributed by atoms with Crippen molar-refractivity contribution < 1.29 is 4.79 Å². The molecule has 0 spiro atoms. The van der Waals surface area contributed by atoms with E-state index in [1.807, 2.05) is 42.9 Å². The summed E-state index contributed by atoms with van der Waals surface area (Å²) in [6.07, 6.45) is 8.09. The van der Waals surface area contributed by atoms with Gasteiger partial charge in [0, 0.05) is 47.8 Å². The number of aromatic nitrogens is 3. The summed E-state index contributed by atoms with van der Waals surface area (Å²) in [4.78, 5) is 24.2. The molecule has 0 aliphatic rings. The van der Waals surface area contributed by atoms with Crippen molar-refractivity contribution in [2.75, 3.05) is 16.8 Å². The van der Waals surface area contributed by atoms with Crippen molar-refractivity contribution in [2.45, 2.75) is 26.4 Å². The zero-order valence-corrected chi connectivity index (χ0v) is 21.3. The van der Waals surface area contributed by atoms with Gasteiger partial charge in [-0.15, -0.1) is 11.3 Å². The molecule has 0 unspecified atom stereocenters. The van der Waals surface area contributed by atoms with Crippen LogP contribution in [0.15, 0.2) is 85.6 Å². The molecule has 7 nitrogen and oxygen atoms in total. The van der Waals surface area contributed by atoms with E-state index >= 15 is 0 Å². The van der Waals surface area contributed by atoms with E-state index < -0.39 is 0 Å². The predicted molar refractivity (Wildman–Crippen MR) is 148 cm³/mol. The molecule has 37 heavy (non-hydrogen) atoms. The highest BCUT2D eigenvalue weighted by molar-refractivity contribution is 7.20. The topological polar surface area (TPSA) is 86.8 Å². The number of nitrogens with zero attached hydrogens (tertiary/aromatic N) is 5. The number of nitrogens with one attached hydrogen (secondary N) is 1. The summed E-state index contributed by atoms with van der Waals surface area (Å²) in [6.45, 7) is 4.48. The largest absolute Gasteiger partial charge is 0.366 e. The minimum absolute atomic E-state index is 0.119. The van der Waals surface area contributed by atoms with Gasteiger partial charge in [0.25, 0.3) is 5.91 Å². The Balaban J connectivity index is 1.34. The van der Waals surface area contributed by atoms with Gasteiger partial charge in [-0.25, -0.2) is 4.98 Å². The van der Waals surface area contributed by atoms with Gasteiger partial charge in [-0.05, 0) is 65.9 Å². The number of benzene rings is 2. The molecule has 0 fully saturated rings. The van der Waals surface area contributed by atoms with Crippen LogP contribution in [-0.2, 0) is 13.1 Å². The number of thiophene rings is 1. The summed E-state index contributed by atoms with van der Waals surface area (Å²) in [5.74, 6) is -0.119. The molecular formula is C29H26N6OS. The number of fused-ring (bicyclic) bond motifs is 1. The molecule has 5 rings (SSSR count). The van der Waals surface area contributed by atoms with Crippen LogP contribution >= 0.6 is 11.3 Å². The van der Waals surface area contributed by atoms with Crippen molar-refractivity contribution in [1.82, 2.24) is 14.5 Å². The molecule has 2 aromatic carbocycles. The van der Waals surface area contributed by atoms with E-state index in [1.165, 1.54) is 11.3 Å². The fourth-order valence-electron chi connectivity index (χ4n) is 4.24. The van der Waals surface area contributed by atoms with Crippen molar-refractivity contribution >= 4 is 38.7 Å². The minimum atomic E-state index is -0.119. The highest BCUT2D eigenvalue weighted by Gasteiger charge is 2.15. The third-order valence-electron chi connectivity index (χ3n) is 6.11. The molecule has 0 atom stereocenters. The maximum Gasteiger partial charge on any atom is 0.265 e. The Hall–Kier alpha value is -4.48. The van der Waals surface area contributed by atoms with Crippen LogP contribution in [0.2, 0.25) is 0 Å². The van der Waals surface area contributed by atoms with Gasteiger partial charge in [0.15, 0.2) is 0 Å². The highest BCUT2D eigenvalue weighted by Crippen LogP contribution is 2.31. The van der Waals surface area contributed by atoms with Crippen molar-refractivity contribution in [2.24, 2.45) is 0 Å². The van der Waals surface area contributed by atoms with Crippen molar-refractivity contribution in [1.29, 1.82) is 5.26 Å². The lowest BCUT2D eigenvalue weighted by Crippen LogP contribution is -2.25. The number of carbonyl (C=O) groups excluding carboxylic acids is 1. The molecule has 0 saturated heterocycles. The van der Waals surface area contributed by atoms with Crippen LogP contribution in [0.1, 0.15) is 39.8 Å². The first-order valence-electron chi connectivity index (χ1n) is 12.1.